The molecular formula is C23H20Br2N2O6S. The fraction of sp³-hybridized carbons (Fsp3) is 0.130. The first kappa shape index (κ1) is 25.7. The molecule has 0 saturated heterocycles. The third-order valence-electron chi connectivity index (χ3n) is 4.36. The van der Waals surface area contributed by atoms with E-state index in [1.54, 1.807) is 42.5 Å². The van der Waals surface area contributed by atoms with E-state index in [1.165, 1.54) is 31.5 Å². The Bertz CT molecular complexity index is 1310. The number of hydrogen-bond acceptors (Lipinski definition) is 7. The zero-order valence-electron chi connectivity index (χ0n) is 18.1. The van der Waals surface area contributed by atoms with Crippen LogP contribution in [0.25, 0.3) is 0 Å². The Morgan fingerprint density at radius 1 is 1.06 bits per heavy atom. The molecule has 0 spiro atoms. The van der Waals surface area contributed by atoms with E-state index in [1.807, 2.05) is 6.92 Å². The van der Waals surface area contributed by atoms with Crippen LogP contribution in [0.2, 0.25) is 0 Å². The van der Waals surface area contributed by atoms with Crippen LogP contribution in [-0.4, -0.2) is 34.3 Å². The molecule has 3 rings (SSSR count). The topological polar surface area (TPSA) is 103 Å². The maximum atomic E-state index is 12.7. The molecule has 0 saturated carbocycles. The number of halogens is 2. The molecular weight excluding hydrogens is 592 g/mol. The lowest BCUT2D eigenvalue weighted by Crippen LogP contribution is -2.18. The first-order chi connectivity index (χ1) is 16.2. The molecule has 34 heavy (non-hydrogen) atoms. The van der Waals surface area contributed by atoms with E-state index >= 15 is 0 Å². The average molecular weight is 612 g/mol. The molecule has 0 heterocycles. The smallest absolute Gasteiger partial charge is 0.339 e. The second-order valence-corrected chi connectivity index (χ2v) is 9.97. The van der Waals surface area contributed by atoms with Gasteiger partial charge in [0.05, 0.1) is 24.4 Å². The third kappa shape index (κ3) is 6.37. The van der Waals surface area contributed by atoms with Crippen molar-refractivity contribution in [3.8, 4) is 17.2 Å². The van der Waals surface area contributed by atoms with E-state index in [-0.39, 0.29) is 10.6 Å². The summed E-state index contributed by atoms with van der Waals surface area (Å²) in [6.45, 7) is 2.30. The second-order valence-electron chi connectivity index (χ2n) is 6.65. The van der Waals surface area contributed by atoms with Crippen molar-refractivity contribution >= 4 is 54.1 Å². The molecule has 0 aliphatic rings. The molecule has 3 aromatic carbocycles. The van der Waals surface area contributed by atoms with Crippen molar-refractivity contribution in [2.75, 3.05) is 13.7 Å². The number of carbonyl (C=O) groups is 1. The number of hydrazone groups is 1. The number of carbonyl (C=O) groups excluding carboxylic acids is 1. The Kier molecular flexibility index (Phi) is 8.70. The largest absolute Gasteiger partial charge is 0.493 e. The van der Waals surface area contributed by atoms with Crippen molar-refractivity contribution in [2.24, 2.45) is 5.10 Å². The zero-order chi connectivity index (χ0) is 24.7. The van der Waals surface area contributed by atoms with Gasteiger partial charge in [-0.2, -0.15) is 13.5 Å². The van der Waals surface area contributed by atoms with Gasteiger partial charge in [0.2, 0.25) is 0 Å². The lowest BCUT2D eigenvalue weighted by molar-refractivity contribution is 0.0954. The lowest BCUT2D eigenvalue weighted by atomic mass is 10.2. The van der Waals surface area contributed by atoms with Gasteiger partial charge in [-0.3, -0.25) is 4.79 Å². The summed E-state index contributed by atoms with van der Waals surface area (Å²) in [5.41, 5.74) is 3.02. The van der Waals surface area contributed by atoms with Crippen LogP contribution >= 0.6 is 31.9 Å². The SMILES string of the molecule is CCOc1ccc(C(=O)N/N=C/c2cc(Br)cc(Br)c2OS(=O)(=O)c2ccccc2)cc1OC. The van der Waals surface area contributed by atoms with Gasteiger partial charge in [0, 0.05) is 15.6 Å². The van der Waals surface area contributed by atoms with Gasteiger partial charge in [0.25, 0.3) is 5.91 Å². The maximum absolute atomic E-state index is 12.7. The van der Waals surface area contributed by atoms with Gasteiger partial charge in [-0.05, 0) is 65.3 Å². The predicted molar refractivity (Wildman–Crippen MR) is 135 cm³/mol. The van der Waals surface area contributed by atoms with E-state index in [9.17, 15) is 13.2 Å². The summed E-state index contributed by atoms with van der Waals surface area (Å²) < 4.78 is 42.5. The molecule has 0 fully saturated rings. The van der Waals surface area contributed by atoms with E-state index < -0.39 is 16.0 Å². The molecule has 1 N–H and O–H groups in total. The minimum absolute atomic E-state index is 0.00505. The van der Waals surface area contributed by atoms with Gasteiger partial charge < -0.3 is 13.7 Å². The fourth-order valence-corrected chi connectivity index (χ4v) is 5.26. The van der Waals surface area contributed by atoms with E-state index in [0.717, 1.165) is 0 Å². The monoisotopic (exact) mass is 610 g/mol. The molecule has 3 aromatic rings. The molecule has 8 nitrogen and oxygen atoms in total. The van der Waals surface area contributed by atoms with Gasteiger partial charge >= 0.3 is 10.1 Å². The first-order valence-corrected chi connectivity index (χ1v) is 12.9. The summed E-state index contributed by atoms with van der Waals surface area (Å²) in [6, 6.07) is 15.8. The molecule has 178 valence electrons. The van der Waals surface area contributed by atoms with E-state index in [0.29, 0.717) is 38.2 Å². The van der Waals surface area contributed by atoms with Gasteiger partial charge in [-0.15, -0.1) is 0 Å². The summed E-state index contributed by atoms with van der Waals surface area (Å²) >= 11 is 6.68. The summed E-state index contributed by atoms with van der Waals surface area (Å²) in [4.78, 5) is 12.5. The normalized spacial score (nSPS) is 11.3. The summed E-state index contributed by atoms with van der Waals surface area (Å²) in [5.74, 6) is 0.459. The highest BCUT2D eigenvalue weighted by atomic mass is 79.9. The number of rotatable bonds is 9. The lowest BCUT2D eigenvalue weighted by Gasteiger charge is -2.12. The van der Waals surface area contributed by atoms with Crippen molar-refractivity contribution in [2.45, 2.75) is 11.8 Å². The van der Waals surface area contributed by atoms with Crippen LogP contribution in [0.4, 0.5) is 0 Å². The molecule has 0 unspecified atom stereocenters. The number of hydrogen-bond donors (Lipinski definition) is 1. The van der Waals surface area contributed by atoms with Gasteiger partial charge in [0.15, 0.2) is 17.2 Å². The van der Waals surface area contributed by atoms with Crippen LogP contribution < -0.4 is 19.1 Å². The quantitative estimate of drug-likeness (QED) is 0.204. The van der Waals surface area contributed by atoms with Crippen LogP contribution in [0.15, 0.2) is 79.6 Å². The summed E-state index contributed by atoms with van der Waals surface area (Å²) in [7, 11) is -2.61. The Labute approximate surface area is 214 Å². The van der Waals surface area contributed by atoms with Crippen molar-refractivity contribution in [1.82, 2.24) is 5.43 Å². The highest BCUT2D eigenvalue weighted by molar-refractivity contribution is 9.11. The number of methoxy groups -OCH3 is 1. The highest BCUT2D eigenvalue weighted by Crippen LogP contribution is 2.34. The number of amides is 1. The van der Waals surface area contributed by atoms with E-state index in [2.05, 4.69) is 42.4 Å². The van der Waals surface area contributed by atoms with Gasteiger partial charge in [-0.25, -0.2) is 5.43 Å². The van der Waals surface area contributed by atoms with Crippen LogP contribution in [0, 0.1) is 0 Å². The number of ether oxygens (including phenoxy) is 2. The zero-order valence-corrected chi connectivity index (χ0v) is 22.1. The molecule has 0 bridgehead atoms. The molecule has 0 radical (unpaired) electrons. The number of nitrogens with one attached hydrogen (secondary N) is 1. The minimum atomic E-state index is -4.09. The van der Waals surface area contributed by atoms with Crippen LogP contribution in [0.3, 0.4) is 0 Å². The van der Waals surface area contributed by atoms with Crippen molar-refractivity contribution in [1.29, 1.82) is 0 Å². The van der Waals surface area contributed by atoms with Gasteiger partial charge in [-0.1, -0.05) is 34.1 Å². The van der Waals surface area contributed by atoms with Crippen molar-refractivity contribution < 1.29 is 26.9 Å². The predicted octanol–water partition coefficient (Wildman–Crippen LogP) is 5.15. The molecule has 0 aliphatic heterocycles. The molecule has 0 atom stereocenters. The number of nitrogens with zero attached hydrogens (tertiary/aromatic N) is 1. The van der Waals surface area contributed by atoms with Gasteiger partial charge in [0.1, 0.15) is 4.90 Å². The molecule has 11 heteroatoms. The summed E-state index contributed by atoms with van der Waals surface area (Å²) in [6.07, 6.45) is 1.29. The Balaban J connectivity index is 1.83. The Morgan fingerprint density at radius 3 is 2.47 bits per heavy atom. The summed E-state index contributed by atoms with van der Waals surface area (Å²) in [5, 5.41) is 3.96. The third-order valence-corrected chi connectivity index (χ3v) is 6.64. The van der Waals surface area contributed by atoms with E-state index in [4.69, 9.17) is 13.7 Å². The maximum Gasteiger partial charge on any atom is 0.339 e. The highest BCUT2D eigenvalue weighted by Gasteiger charge is 2.20. The molecule has 1 amide bonds. The molecule has 0 aromatic heterocycles. The average Bonchev–Trinajstić information content (AvgIpc) is 2.82. The van der Waals surface area contributed by atoms with Crippen molar-refractivity contribution in [3.05, 3.63) is 80.7 Å². The Hall–Kier alpha value is -2.89. The second kappa shape index (κ2) is 11.5. The minimum Gasteiger partial charge on any atom is -0.493 e. The standard InChI is InChI=1S/C23H20Br2N2O6S/c1-3-32-20-10-9-15(12-21(20)31-2)23(28)27-26-14-16-11-17(24)13-19(25)22(16)33-34(29,30)18-7-5-4-6-8-18/h4-14H,3H2,1-2H3,(H,27,28)/b26-14+. The van der Waals surface area contributed by atoms with Crippen molar-refractivity contribution in [3.63, 3.8) is 0 Å². The first-order valence-electron chi connectivity index (χ1n) is 9.88. The Morgan fingerprint density at radius 2 is 1.79 bits per heavy atom. The fourth-order valence-electron chi connectivity index (χ4n) is 2.82. The van der Waals surface area contributed by atoms with Crippen LogP contribution in [-0.2, 0) is 10.1 Å². The molecule has 0 aliphatic carbocycles. The number of benzene rings is 3. The van der Waals surface area contributed by atoms with Crippen LogP contribution in [0.1, 0.15) is 22.8 Å². The van der Waals surface area contributed by atoms with Crippen LogP contribution in [0.5, 0.6) is 17.2 Å².